The average Bonchev–Trinajstić information content (AvgIpc) is 2.08. The van der Waals surface area contributed by atoms with Gasteiger partial charge in [0.15, 0.2) is 0 Å². The summed E-state index contributed by atoms with van der Waals surface area (Å²) in [5, 5.41) is 17.9. The highest BCUT2D eigenvalue weighted by Gasteiger charge is 2.25. The second kappa shape index (κ2) is 5.52. The molecule has 0 rings (SSSR count). The van der Waals surface area contributed by atoms with Crippen LogP contribution in [-0.2, 0) is 0 Å². The Morgan fingerprint density at radius 1 is 1.27 bits per heavy atom. The normalized spacial score (nSPS) is 12.0. The summed E-state index contributed by atoms with van der Waals surface area (Å²) < 4.78 is 0. The van der Waals surface area contributed by atoms with Crippen molar-refractivity contribution in [2.24, 2.45) is 11.1 Å². The van der Waals surface area contributed by atoms with E-state index in [1.165, 1.54) is 0 Å². The monoisotopic (exact) mass is 161 g/mol. The van der Waals surface area contributed by atoms with E-state index in [-0.39, 0.29) is 13.2 Å². The molecule has 0 saturated heterocycles. The Morgan fingerprint density at radius 3 is 2.09 bits per heavy atom. The van der Waals surface area contributed by atoms with Gasteiger partial charge in [-0.15, -0.1) is 0 Å². The Bertz CT molecular complexity index is 83.8. The lowest BCUT2D eigenvalue weighted by Crippen LogP contribution is -2.37. The van der Waals surface area contributed by atoms with Crippen molar-refractivity contribution in [1.29, 1.82) is 0 Å². The van der Waals surface area contributed by atoms with Crippen LogP contribution in [0, 0.1) is 5.41 Å². The summed E-state index contributed by atoms with van der Waals surface area (Å²) in [5.74, 6) is 0. The maximum absolute atomic E-state index is 8.96. The van der Waals surface area contributed by atoms with Crippen LogP contribution in [-0.4, -0.2) is 30.0 Å². The fourth-order valence-corrected chi connectivity index (χ4v) is 0.991. The van der Waals surface area contributed by atoms with Gasteiger partial charge in [0, 0.05) is 12.0 Å². The Balaban J connectivity index is 3.84. The summed E-state index contributed by atoms with van der Waals surface area (Å²) in [6.07, 6.45) is 2.90. The van der Waals surface area contributed by atoms with Crippen LogP contribution >= 0.6 is 0 Å². The molecule has 11 heavy (non-hydrogen) atoms. The number of hydrogen-bond donors (Lipinski definition) is 3. The highest BCUT2D eigenvalue weighted by molar-refractivity contribution is 4.78. The summed E-state index contributed by atoms with van der Waals surface area (Å²) in [5.41, 5.74) is 5.02. The van der Waals surface area contributed by atoms with Crippen molar-refractivity contribution >= 4 is 0 Å². The van der Waals surface area contributed by atoms with Crippen molar-refractivity contribution in [3.63, 3.8) is 0 Å². The van der Waals surface area contributed by atoms with E-state index < -0.39 is 5.41 Å². The van der Waals surface area contributed by atoms with Gasteiger partial charge >= 0.3 is 0 Å². The Morgan fingerprint density at radius 2 is 1.82 bits per heavy atom. The van der Waals surface area contributed by atoms with Crippen molar-refractivity contribution in [1.82, 2.24) is 0 Å². The van der Waals surface area contributed by atoms with Gasteiger partial charge in [-0.3, -0.25) is 0 Å². The van der Waals surface area contributed by atoms with Crippen LogP contribution in [0.4, 0.5) is 0 Å². The van der Waals surface area contributed by atoms with E-state index in [0.717, 1.165) is 19.3 Å². The van der Waals surface area contributed by atoms with E-state index in [9.17, 15) is 0 Å². The molecule has 0 aliphatic carbocycles. The Kier molecular flexibility index (Phi) is 5.46. The zero-order chi connectivity index (χ0) is 8.74. The van der Waals surface area contributed by atoms with Gasteiger partial charge in [0.1, 0.15) is 0 Å². The molecular weight excluding hydrogens is 142 g/mol. The summed E-state index contributed by atoms with van der Waals surface area (Å²) >= 11 is 0. The van der Waals surface area contributed by atoms with Crippen LogP contribution in [0.25, 0.3) is 0 Å². The molecule has 4 N–H and O–H groups in total. The van der Waals surface area contributed by atoms with Crippen LogP contribution in [0.5, 0.6) is 0 Å². The molecule has 0 unspecified atom stereocenters. The van der Waals surface area contributed by atoms with Crippen molar-refractivity contribution in [3.05, 3.63) is 0 Å². The topological polar surface area (TPSA) is 66.5 Å². The Hall–Kier alpha value is -0.120. The third kappa shape index (κ3) is 3.18. The molecule has 0 aromatic heterocycles. The van der Waals surface area contributed by atoms with Crippen LogP contribution in [0.2, 0.25) is 0 Å². The lowest BCUT2D eigenvalue weighted by atomic mass is 9.84. The highest BCUT2D eigenvalue weighted by atomic mass is 16.3. The van der Waals surface area contributed by atoms with Gasteiger partial charge in [-0.1, -0.05) is 19.8 Å². The highest BCUT2D eigenvalue weighted by Crippen LogP contribution is 2.21. The number of nitrogens with two attached hydrogens (primary N) is 1. The van der Waals surface area contributed by atoms with Crippen molar-refractivity contribution in [2.75, 3.05) is 19.8 Å². The predicted molar refractivity (Wildman–Crippen MR) is 45.2 cm³/mol. The van der Waals surface area contributed by atoms with Gasteiger partial charge in [0.2, 0.25) is 0 Å². The molecule has 0 atom stereocenters. The van der Waals surface area contributed by atoms with Crippen molar-refractivity contribution < 1.29 is 10.2 Å². The maximum atomic E-state index is 8.96. The molecule has 68 valence electrons. The fraction of sp³-hybridized carbons (Fsp3) is 1.00. The minimum Gasteiger partial charge on any atom is -0.396 e. The van der Waals surface area contributed by atoms with Crippen molar-refractivity contribution in [3.8, 4) is 0 Å². The van der Waals surface area contributed by atoms with Crippen molar-refractivity contribution in [2.45, 2.75) is 26.2 Å². The third-order valence-corrected chi connectivity index (χ3v) is 2.16. The molecule has 0 saturated carbocycles. The molecule has 0 heterocycles. The molecule has 0 aromatic carbocycles. The molecule has 0 fully saturated rings. The summed E-state index contributed by atoms with van der Waals surface area (Å²) in [6.45, 7) is 2.41. The summed E-state index contributed by atoms with van der Waals surface area (Å²) in [4.78, 5) is 0. The van der Waals surface area contributed by atoms with E-state index in [2.05, 4.69) is 6.92 Å². The standard InChI is InChI=1S/C8H19NO2/c1-2-3-4-8(5-9,6-10)7-11/h10-11H,2-7,9H2,1H3. The molecule has 0 aromatic rings. The molecule has 0 radical (unpaired) electrons. The quantitative estimate of drug-likeness (QED) is 0.518. The molecule has 3 heteroatoms. The number of aliphatic hydroxyl groups is 2. The van der Waals surface area contributed by atoms with Gasteiger partial charge in [0.05, 0.1) is 13.2 Å². The minimum absolute atomic E-state index is 0.0139. The van der Waals surface area contributed by atoms with Crippen LogP contribution in [0.3, 0.4) is 0 Å². The largest absolute Gasteiger partial charge is 0.396 e. The predicted octanol–water partition coefficient (Wildman–Crippen LogP) is 0.106. The van der Waals surface area contributed by atoms with Crippen LogP contribution < -0.4 is 5.73 Å². The van der Waals surface area contributed by atoms with Gasteiger partial charge in [-0.25, -0.2) is 0 Å². The first-order valence-electron chi connectivity index (χ1n) is 4.16. The van der Waals surface area contributed by atoms with Gasteiger partial charge in [-0.2, -0.15) is 0 Å². The van der Waals surface area contributed by atoms with E-state index in [1.54, 1.807) is 0 Å². The molecule has 0 aliphatic rings. The number of hydrogen-bond acceptors (Lipinski definition) is 3. The molecule has 0 bridgehead atoms. The first-order valence-corrected chi connectivity index (χ1v) is 4.16. The average molecular weight is 161 g/mol. The zero-order valence-electron chi connectivity index (χ0n) is 7.21. The summed E-state index contributed by atoms with van der Waals surface area (Å²) in [7, 11) is 0. The first-order chi connectivity index (χ1) is 5.24. The zero-order valence-corrected chi connectivity index (χ0v) is 7.21. The van der Waals surface area contributed by atoms with E-state index in [1.807, 2.05) is 0 Å². The smallest absolute Gasteiger partial charge is 0.0521 e. The van der Waals surface area contributed by atoms with Gasteiger partial charge < -0.3 is 15.9 Å². The van der Waals surface area contributed by atoms with Crippen LogP contribution in [0.15, 0.2) is 0 Å². The minimum atomic E-state index is -0.435. The van der Waals surface area contributed by atoms with E-state index in [4.69, 9.17) is 15.9 Å². The second-order valence-corrected chi connectivity index (χ2v) is 3.12. The first kappa shape index (κ1) is 10.9. The second-order valence-electron chi connectivity index (χ2n) is 3.12. The van der Waals surface area contributed by atoms with E-state index >= 15 is 0 Å². The fourth-order valence-electron chi connectivity index (χ4n) is 0.991. The van der Waals surface area contributed by atoms with E-state index in [0.29, 0.717) is 6.54 Å². The summed E-state index contributed by atoms with van der Waals surface area (Å²) in [6, 6.07) is 0. The van der Waals surface area contributed by atoms with Gasteiger partial charge in [-0.05, 0) is 6.42 Å². The Labute approximate surface area is 68.2 Å². The molecule has 0 amide bonds. The maximum Gasteiger partial charge on any atom is 0.0521 e. The number of rotatable bonds is 6. The molecule has 3 nitrogen and oxygen atoms in total. The molecular formula is C8H19NO2. The van der Waals surface area contributed by atoms with Crippen LogP contribution in [0.1, 0.15) is 26.2 Å². The molecule has 0 spiro atoms. The SMILES string of the molecule is CCCCC(CN)(CO)CO. The lowest BCUT2D eigenvalue weighted by Gasteiger charge is -2.27. The van der Waals surface area contributed by atoms with Gasteiger partial charge in [0.25, 0.3) is 0 Å². The number of aliphatic hydroxyl groups excluding tert-OH is 2. The number of unbranched alkanes of at least 4 members (excludes halogenated alkanes) is 1. The molecule has 0 aliphatic heterocycles. The third-order valence-electron chi connectivity index (χ3n) is 2.16. The lowest BCUT2D eigenvalue weighted by molar-refractivity contribution is 0.0525.